The predicted molar refractivity (Wildman–Crippen MR) is 142 cm³/mol. The second-order valence-corrected chi connectivity index (χ2v) is 9.57. The summed E-state index contributed by atoms with van der Waals surface area (Å²) in [6, 6.07) is 23.8. The average molecular weight is 505 g/mol. The summed E-state index contributed by atoms with van der Waals surface area (Å²) in [6.45, 7) is 3.61. The summed E-state index contributed by atoms with van der Waals surface area (Å²) in [4.78, 5) is 18.0. The van der Waals surface area contributed by atoms with E-state index in [0.29, 0.717) is 27.1 Å². The zero-order valence-corrected chi connectivity index (χ0v) is 21.0. The van der Waals surface area contributed by atoms with Crippen LogP contribution in [0.15, 0.2) is 72.8 Å². The van der Waals surface area contributed by atoms with E-state index in [1.807, 2.05) is 52.9 Å². The molecule has 7 heteroatoms. The number of hydrogen-bond acceptors (Lipinski definition) is 3. The number of aromatic nitrogens is 2. The van der Waals surface area contributed by atoms with Gasteiger partial charge in [0.2, 0.25) is 0 Å². The normalized spacial score (nSPS) is 14.1. The fraction of sp³-hybridized carbons (Fsp3) is 0.214. The molecule has 178 valence electrons. The molecule has 0 atom stereocenters. The highest BCUT2D eigenvalue weighted by Crippen LogP contribution is 2.34. The summed E-state index contributed by atoms with van der Waals surface area (Å²) in [6.07, 6.45) is 3.35. The largest absolute Gasteiger partial charge is 0.296 e. The molecule has 0 spiro atoms. The number of carbonyl (C=O) groups excluding carboxylic acids is 1. The molecule has 1 aliphatic heterocycles. The number of amides is 1. The maximum absolute atomic E-state index is 13.3. The minimum absolute atomic E-state index is 0.213. The summed E-state index contributed by atoms with van der Waals surface area (Å²) >= 11 is 12.7. The molecule has 3 aromatic carbocycles. The maximum atomic E-state index is 13.3. The molecular formula is C28H26Cl2N4O. The van der Waals surface area contributed by atoms with Crippen LogP contribution in [0.3, 0.4) is 0 Å². The quantitative estimate of drug-likeness (QED) is 0.319. The highest BCUT2D eigenvalue weighted by atomic mass is 35.5. The standard InChI is InChI=1S/C28H26Cl2N4O/c1-19-26(28(35)32-33-16-6-3-7-17-33)31-27(24-15-12-22(29)18-25(24)30)34(19)23-13-10-21(11-14-23)20-8-4-2-5-9-20/h2,4-5,8-15,18H,3,6-7,16-17H2,1H3,(H,32,35). The number of benzene rings is 3. The SMILES string of the molecule is Cc1c(C(=O)NN2CCCCC2)nc(-c2ccc(Cl)cc2Cl)n1-c1ccc(-c2ccccc2)cc1. The molecule has 1 amide bonds. The molecule has 0 saturated carbocycles. The lowest BCUT2D eigenvalue weighted by atomic mass is 10.1. The third-order valence-electron chi connectivity index (χ3n) is 6.34. The second kappa shape index (κ2) is 10.2. The first-order valence-electron chi connectivity index (χ1n) is 11.8. The fourth-order valence-corrected chi connectivity index (χ4v) is 5.01. The summed E-state index contributed by atoms with van der Waals surface area (Å²) in [5.41, 5.74) is 8.02. The minimum atomic E-state index is -0.213. The van der Waals surface area contributed by atoms with Crippen LogP contribution in [-0.2, 0) is 0 Å². The van der Waals surface area contributed by atoms with Crippen molar-refractivity contribution in [2.45, 2.75) is 26.2 Å². The smallest absolute Gasteiger partial charge is 0.286 e. The maximum Gasteiger partial charge on any atom is 0.286 e. The van der Waals surface area contributed by atoms with Crippen LogP contribution in [-0.4, -0.2) is 33.6 Å². The van der Waals surface area contributed by atoms with Crippen molar-refractivity contribution < 1.29 is 4.79 Å². The van der Waals surface area contributed by atoms with Gasteiger partial charge in [0.15, 0.2) is 5.69 Å². The van der Waals surface area contributed by atoms with Gasteiger partial charge in [-0.1, -0.05) is 72.1 Å². The first kappa shape index (κ1) is 23.6. The monoisotopic (exact) mass is 504 g/mol. The summed E-state index contributed by atoms with van der Waals surface area (Å²) in [5.74, 6) is 0.385. The van der Waals surface area contributed by atoms with Gasteiger partial charge in [-0.25, -0.2) is 9.99 Å². The zero-order valence-electron chi connectivity index (χ0n) is 19.5. The van der Waals surface area contributed by atoms with Crippen molar-refractivity contribution in [2.75, 3.05) is 13.1 Å². The highest BCUT2D eigenvalue weighted by molar-refractivity contribution is 6.36. The molecule has 5 nitrogen and oxygen atoms in total. The molecule has 1 fully saturated rings. The van der Waals surface area contributed by atoms with Crippen molar-refractivity contribution in [3.63, 3.8) is 0 Å². The number of imidazole rings is 1. The molecule has 0 aliphatic carbocycles. The zero-order chi connectivity index (χ0) is 24.4. The number of piperidine rings is 1. The van der Waals surface area contributed by atoms with E-state index in [1.165, 1.54) is 6.42 Å². The Morgan fingerprint density at radius 1 is 0.886 bits per heavy atom. The molecule has 0 unspecified atom stereocenters. The van der Waals surface area contributed by atoms with Crippen LogP contribution in [0.2, 0.25) is 10.0 Å². The molecule has 4 aromatic rings. The van der Waals surface area contributed by atoms with Gasteiger partial charge in [0.05, 0.1) is 10.7 Å². The van der Waals surface area contributed by atoms with Crippen LogP contribution in [0.4, 0.5) is 0 Å². The van der Waals surface area contributed by atoms with E-state index in [0.717, 1.165) is 48.4 Å². The Morgan fingerprint density at radius 3 is 2.26 bits per heavy atom. The minimum Gasteiger partial charge on any atom is -0.296 e. The second-order valence-electron chi connectivity index (χ2n) is 8.73. The molecule has 0 radical (unpaired) electrons. The van der Waals surface area contributed by atoms with Gasteiger partial charge in [-0.05, 0) is 61.2 Å². The van der Waals surface area contributed by atoms with E-state index in [-0.39, 0.29) is 5.91 Å². The van der Waals surface area contributed by atoms with Crippen molar-refractivity contribution in [3.05, 3.63) is 94.2 Å². The lowest BCUT2D eigenvalue weighted by molar-refractivity contribution is 0.0744. The number of hydrogen-bond donors (Lipinski definition) is 1. The average Bonchev–Trinajstić information content (AvgIpc) is 3.22. The number of rotatable bonds is 5. The van der Waals surface area contributed by atoms with Crippen molar-refractivity contribution in [3.8, 4) is 28.2 Å². The fourth-order valence-electron chi connectivity index (χ4n) is 4.52. The van der Waals surface area contributed by atoms with Crippen LogP contribution in [0.5, 0.6) is 0 Å². The van der Waals surface area contributed by atoms with E-state index in [1.54, 1.807) is 12.1 Å². The molecule has 1 aromatic heterocycles. The van der Waals surface area contributed by atoms with Gasteiger partial charge in [-0.15, -0.1) is 0 Å². The van der Waals surface area contributed by atoms with Crippen LogP contribution in [0, 0.1) is 6.92 Å². The van der Waals surface area contributed by atoms with E-state index >= 15 is 0 Å². The van der Waals surface area contributed by atoms with Gasteiger partial charge < -0.3 is 0 Å². The molecule has 2 heterocycles. The highest BCUT2D eigenvalue weighted by Gasteiger charge is 2.24. The number of nitrogens with one attached hydrogen (secondary N) is 1. The van der Waals surface area contributed by atoms with Crippen LogP contribution in [0.1, 0.15) is 35.4 Å². The van der Waals surface area contributed by atoms with Crippen molar-refractivity contribution in [2.24, 2.45) is 0 Å². The van der Waals surface area contributed by atoms with Crippen molar-refractivity contribution in [1.29, 1.82) is 0 Å². The van der Waals surface area contributed by atoms with Gasteiger partial charge >= 0.3 is 0 Å². The Morgan fingerprint density at radius 2 is 1.57 bits per heavy atom. The molecule has 35 heavy (non-hydrogen) atoms. The third-order valence-corrected chi connectivity index (χ3v) is 6.89. The molecule has 1 saturated heterocycles. The summed E-state index contributed by atoms with van der Waals surface area (Å²) in [5, 5.41) is 3.00. The molecule has 1 aliphatic rings. The molecule has 0 bridgehead atoms. The molecule has 5 rings (SSSR count). The summed E-state index contributed by atoms with van der Waals surface area (Å²) < 4.78 is 1.98. The van der Waals surface area contributed by atoms with E-state index in [2.05, 4.69) is 29.7 Å². The van der Waals surface area contributed by atoms with E-state index < -0.39 is 0 Å². The van der Waals surface area contributed by atoms with E-state index in [9.17, 15) is 4.79 Å². The first-order valence-corrected chi connectivity index (χ1v) is 12.5. The van der Waals surface area contributed by atoms with Gasteiger partial charge in [0.1, 0.15) is 5.82 Å². The summed E-state index contributed by atoms with van der Waals surface area (Å²) in [7, 11) is 0. The van der Waals surface area contributed by atoms with Gasteiger partial charge in [0.25, 0.3) is 5.91 Å². The molecular weight excluding hydrogens is 479 g/mol. The first-order chi connectivity index (χ1) is 17.0. The van der Waals surface area contributed by atoms with E-state index in [4.69, 9.17) is 28.2 Å². The number of halogens is 2. The van der Waals surface area contributed by atoms with Crippen LogP contribution < -0.4 is 5.43 Å². The Bertz CT molecular complexity index is 1340. The van der Waals surface area contributed by atoms with Crippen LogP contribution >= 0.6 is 23.2 Å². The Hall–Kier alpha value is -3.12. The Labute approximate surface area is 215 Å². The number of carbonyl (C=O) groups is 1. The van der Waals surface area contributed by atoms with Gasteiger partial charge in [-0.3, -0.25) is 14.8 Å². The Kier molecular flexibility index (Phi) is 6.91. The van der Waals surface area contributed by atoms with Crippen molar-refractivity contribution in [1.82, 2.24) is 20.0 Å². The number of nitrogens with zero attached hydrogens (tertiary/aromatic N) is 3. The lowest BCUT2D eigenvalue weighted by Gasteiger charge is -2.26. The van der Waals surface area contributed by atoms with Gasteiger partial charge in [0, 0.05) is 29.4 Å². The van der Waals surface area contributed by atoms with Crippen LogP contribution in [0.25, 0.3) is 28.2 Å². The van der Waals surface area contributed by atoms with Gasteiger partial charge in [-0.2, -0.15) is 0 Å². The lowest BCUT2D eigenvalue weighted by Crippen LogP contribution is -2.45. The van der Waals surface area contributed by atoms with Crippen molar-refractivity contribution >= 4 is 29.1 Å². The third kappa shape index (κ3) is 4.98. The molecule has 1 N–H and O–H groups in total. The number of hydrazine groups is 1. The Balaban J connectivity index is 1.57. The topological polar surface area (TPSA) is 50.2 Å². The predicted octanol–water partition coefficient (Wildman–Crippen LogP) is 6.95.